The minimum absolute atomic E-state index is 0.0175. The quantitative estimate of drug-likeness (QED) is 0.760. The topological polar surface area (TPSA) is 78.4 Å². The van der Waals surface area contributed by atoms with Gasteiger partial charge in [-0.1, -0.05) is 37.0 Å². The number of aromatic hydroxyl groups is 1. The number of aromatic nitrogens is 2. The maximum atomic E-state index is 12.7. The number of hydrogen-bond acceptors (Lipinski definition) is 5. The molecule has 6 nitrogen and oxygen atoms in total. The molecule has 150 valence electrons. The maximum absolute atomic E-state index is 12.7. The molecule has 1 atom stereocenters. The van der Waals surface area contributed by atoms with Gasteiger partial charge in [0.25, 0.3) is 5.91 Å². The highest BCUT2D eigenvalue weighted by Gasteiger charge is 2.24. The molecule has 1 aliphatic rings. The van der Waals surface area contributed by atoms with Gasteiger partial charge >= 0.3 is 0 Å². The second-order valence-corrected chi connectivity index (χ2v) is 8.24. The van der Waals surface area contributed by atoms with Gasteiger partial charge in [-0.05, 0) is 37.6 Å². The Labute approximate surface area is 174 Å². The summed E-state index contributed by atoms with van der Waals surface area (Å²) in [6, 6.07) is 5.02. The molecular weight excluding hydrogens is 399 g/mol. The van der Waals surface area contributed by atoms with E-state index in [0.717, 1.165) is 24.9 Å². The lowest BCUT2D eigenvalue weighted by Crippen LogP contribution is -2.47. The molecule has 0 saturated carbocycles. The van der Waals surface area contributed by atoms with Gasteiger partial charge in [0.15, 0.2) is 0 Å². The average molecular weight is 423 g/mol. The van der Waals surface area contributed by atoms with Crippen LogP contribution in [-0.2, 0) is 6.54 Å². The summed E-state index contributed by atoms with van der Waals surface area (Å²) in [6.07, 6.45) is 3.30. The van der Waals surface area contributed by atoms with Crippen LogP contribution in [0.5, 0.6) is 5.75 Å². The van der Waals surface area contributed by atoms with Crippen molar-refractivity contribution >= 4 is 29.1 Å². The molecule has 2 aromatic rings. The number of hydrogen-bond donors (Lipinski definition) is 2. The summed E-state index contributed by atoms with van der Waals surface area (Å²) in [7, 11) is 0. The number of amides is 1. The monoisotopic (exact) mass is 422 g/mol. The van der Waals surface area contributed by atoms with Crippen LogP contribution in [0.4, 0.5) is 0 Å². The van der Waals surface area contributed by atoms with Crippen molar-refractivity contribution in [2.75, 3.05) is 13.1 Å². The molecule has 1 aromatic carbocycles. The Morgan fingerprint density at radius 1 is 1.39 bits per heavy atom. The maximum Gasteiger partial charge on any atom is 0.271 e. The van der Waals surface area contributed by atoms with Crippen molar-refractivity contribution in [1.29, 1.82) is 0 Å². The Kier molecular flexibility index (Phi) is 6.75. The molecule has 1 amide bonds. The van der Waals surface area contributed by atoms with Gasteiger partial charge in [0.2, 0.25) is 0 Å². The van der Waals surface area contributed by atoms with Gasteiger partial charge in [0, 0.05) is 35.6 Å². The van der Waals surface area contributed by atoms with Crippen LogP contribution in [0.3, 0.4) is 0 Å². The highest BCUT2D eigenvalue weighted by molar-refractivity contribution is 6.33. The summed E-state index contributed by atoms with van der Waals surface area (Å²) < 4.78 is 0. The summed E-state index contributed by atoms with van der Waals surface area (Å²) >= 11 is 12.2. The third-order valence-corrected chi connectivity index (χ3v) is 5.28. The van der Waals surface area contributed by atoms with E-state index in [0.29, 0.717) is 23.9 Å². The fraction of sp³-hybridized carbons (Fsp3) is 0.450. The largest absolute Gasteiger partial charge is 0.508 e. The molecule has 2 N–H and O–H groups in total. The average Bonchev–Trinajstić information content (AvgIpc) is 2.65. The minimum Gasteiger partial charge on any atom is -0.508 e. The van der Waals surface area contributed by atoms with Crippen LogP contribution >= 0.6 is 23.2 Å². The molecule has 1 aliphatic heterocycles. The minimum atomic E-state index is -0.285. The van der Waals surface area contributed by atoms with E-state index in [9.17, 15) is 9.90 Å². The van der Waals surface area contributed by atoms with Crippen molar-refractivity contribution < 1.29 is 9.90 Å². The Balaban J connectivity index is 1.65. The number of phenolic OH excluding ortho intramolecular Hbond substituents is 1. The van der Waals surface area contributed by atoms with Crippen LogP contribution in [0.25, 0.3) is 0 Å². The fourth-order valence-electron chi connectivity index (χ4n) is 3.31. The number of nitrogens with one attached hydrogen (secondary N) is 1. The van der Waals surface area contributed by atoms with Crippen LogP contribution in [0.1, 0.15) is 54.5 Å². The van der Waals surface area contributed by atoms with E-state index < -0.39 is 0 Å². The van der Waals surface area contributed by atoms with E-state index in [1.807, 2.05) is 13.8 Å². The fourth-order valence-corrected chi connectivity index (χ4v) is 3.68. The zero-order valence-corrected chi connectivity index (χ0v) is 17.5. The lowest BCUT2D eigenvalue weighted by molar-refractivity contribution is 0.0895. The van der Waals surface area contributed by atoms with E-state index in [1.165, 1.54) is 6.20 Å². The number of piperidine rings is 1. The van der Waals surface area contributed by atoms with Gasteiger partial charge in [0.1, 0.15) is 17.3 Å². The number of halogens is 2. The smallest absolute Gasteiger partial charge is 0.271 e. The number of rotatable bonds is 5. The first-order valence-corrected chi connectivity index (χ1v) is 10.1. The number of carbonyl (C=O) groups is 1. The predicted molar refractivity (Wildman–Crippen MR) is 110 cm³/mol. The van der Waals surface area contributed by atoms with Gasteiger partial charge in [-0.3, -0.25) is 9.69 Å². The van der Waals surface area contributed by atoms with Crippen LogP contribution < -0.4 is 5.32 Å². The van der Waals surface area contributed by atoms with Crippen molar-refractivity contribution in [3.8, 4) is 5.75 Å². The molecule has 1 fully saturated rings. The third kappa shape index (κ3) is 5.13. The molecule has 0 spiro atoms. The summed E-state index contributed by atoms with van der Waals surface area (Å²) in [6.45, 7) is 6.08. The Morgan fingerprint density at radius 3 is 2.93 bits per heavy atom. The normalized spacial score (nSPS) is 17.7. The van der Waals surface area contributed by atoms with E-state index in [-0.39, 0.29) is 34.3 Å². The molecule has 3 rings (SSSR count). The van der Waals surface area contributed by atoms with Crippen LogP contribution in [0, 0.1) is 0 Å². The lowest BCUT2D eigenvalue weighted by atomic mass is 10.0. The Hall–Kier alpha value is -1.89. The lowest BCUT2D eigenvalue weighted by Gasteiger charge is -2.33. The van der Waals surface area contributed by atoms with Gasteiger partial charge in [0.05, 0.1) is 11.2 Å². The first-order chi connectivity index (χ1) is 13.3. The summed E-state index contributed by atoms with van der Waals surface area (Å²) in [5, 5.41) is 13.9. The summed E-state index contributed by atoms with van der Waals surface area (Å²) in [5.74, 6) is 0.645. The second-order valence-electron chi connectivity index (χ2n) is 7.40. The zero-order chi connectivity index (χ0) is 20.3. The van der Waals surface area contributed by atoms with Crippen molar-refractivity contribution in [2.24, 2.45) is 0 Å². The highest BCUT2D eigenvalue weighted by Crippen LogP contribution is 2.24. The first-order valence-electron chi connectivity index (χ1n) is 9.36. The van der Waals surface area contributed by atoms with Gasteiger partial charge in [-0.25, -0.2) is 9.97 Å². The number of benzene rings is 1. The van der Waals surface area contributed by atoms with Crippen molar-refractivity contribution in [3.05, 3.63) is 51.5 Å². The molecule has 0 unspecified atom stereocenters. The van der Waals surface area contributed by atoms with E-state index >= 15 is 0 Å². The van der Waals surface area contributed by atoms with Gasteiger partial charge in [-0.15, -0.1) is 0 Å². The van der Waals surface area contributed by atoms with E-state index in [1.54, 1.807) is 18.2 Å². The molecule has 2 heterocycles. The van der Waals surface area contributed by atoms with Crippen LogP contribution in [0.15, 0.2) is 24.4 Å². The number of carbonyl (C=O) groups excluding carboxylic acids is 1. The molecule has 0 radical (unpaired) electrons. The van der Waals surface area contributed by atoms with E-state index in [2.05, 4.69) is 20.2 Å². The van der Waals surface area contributed by atoms with Crippen LogP contribution in [-0.4, -0.2) is 45.0 Å². The Bertz CT molecular complexity index is 860. The second kappa shape index (κ2) is 9.07. The zero-order valence-electron chi connectivity index (χ0n) is 16.0. The van der Waals surface area contributed by atoms with Gasteiger partial charge < -0.3 is 10.4 Å². The van der Waals surface area contributed by atoms with Crippen molar-refractivity contribution in [3.63, 3.8) is 0 Å². The third-order valence-electron chi connectivity index (χ3n) is 4.77. The van der Waals surface area contributed by atoms with Crippen molar-refractivity contribution in [1.82, 2.24) is 20.2 Å². The number of nitrogens with zero attached hydrogens (tertiary/aromatic N) is 3. The summed E-state index contributed by atoms with van der Waals surface area (Å²) in [4.78, 5) is 23.4. The molecule has 8 heteroatoms. The standard InChI is InChI=1S/C20H24Cl2N4O2/c1-12(2)19-23-9-16(22)18(25-19)20(28)24-15-4-3-7-26(11-15)10-13-8-14(21)5-6-17(13)27/h5-6,8-9,12,15,27H,3-4,7,10-11H2,1-2H3,(H,24,28)/t15-/m1/s1. The van der Waals surface area contributed by atoms with Crippen LogP contribution in [0.2, 0.25) is 10.0 Å². The molecular formula is C20H24Cl2N4O2. The molecule has 1 aromatic heterocycles. The molecule has 28 heavy (non-hydrogen) atoms. The summed E-state index contributed by atoms with van der Waals surface area (Å²) in [5.41, 5.74) is 0.991. The van der Waals surface area contributed by atoms with E-state index in [4.69, 9.17) is 23.2 Å². The number of likely N-dealkylation sites (tertiary alicyclic amines) is 1. The highest BCUT2D eigenvalue weighted by atomic mass is 35.5. The number of phenols is 1. The first kappa shape index (κ1) is 20.8. The van der Waals surface area contributed by atoms with Gasteiger partial charge in [-0.2, -0.15) is 0 Å². The van der Waals surface area contributed by atoms with Crippen molar-refractivity contribution in [2.45, 2.75) is 45.2 Å². The SMILES string of the molecule is CC(C)c1ncc(Cl)c(C(=O)N[C@@H]2CCCN(Cc3cc(Cl)ccc3O)C2)n1. The predicted octanol–water partition coefficient (Wildman–Crippen LogP) is 4.01. The molecule has 1 saturated heterocycles. The molecule has 0 bridgehead atoms. The Morgan fingerprint density at radius 2 is 2.18 bits per heavy atom. The molecule has 0 aliphatic carbocycles.